The zero-order valence-electron chi connectivity index (χ0n) is 18.1. The average Bonchev–Trinajstić information content (AvgIpc) is 3.25. The Morgan fingerprint density at radius 3 is 2.70 bits per heavy atom. The third-order valence-corrected chi connectivity index (χ3v) is 6.52. The predicted octanol–water partition coefficient (Wildman–Crippen LogP) is 3.50. The van der Waals surface area contributed by atoms with Gasteiger partial charge in [0.1, 0.15) is 0 Å². The lowest BCUT2D eigenvalue weighted by Crippen LogP contribution is -2.45. The number of amides is 1. The van der Waals surface area contributed by atoms with Crippen LogP contribution in [-0.4, -0.2) is 50.5 Å². The maximum absolute atomic E-state index is 11.1. The summed E-state index contributed by atoms with van der Waals surface area (Å²) in [7, 11) is 4.06. The van der Waals surface area contributed by atoms with Crippen molar-refractivity contribution in [2.45, 2.75) is 32.2 Å². The van der Waals surface area contributed by atoms with Crippen molar-refractivity contribution in [1.29, 1.82) is 0 Å². The van der Waals surface area contributed by atoms with E-state index in [0.717, 1.165) is 37.7 Å². The molecule has 6 nitrogen and oxygen atoms in total. The Labute approximate surface area is 183 Å². The molecule has 1 aliphatic heterocycles. The summed E-state index contributed by atoms with van der Waals surface area (Å²) in [4.78, 5) is 19.5. The molecule has 30 heavy (non-hydrogen) atoms. The van der Waals surface area contributed by atoms with Gasteiger partial charge in [0, 0.05) is 43.7 Å². The van der Waals surface area contributed by atoms with Gasteiger partial charge in [-0.1, -0.05) is 18.2 Å². The number of nitrogens with zero attached hydrogens (tertiary/aromatic N) is 2. The number of hydrogen-bond donors (Lipinski definition) is 3. The van der Waals surface area contributed by atoms with Crippen molar-refractivity contribution in [2.75, 3.05) is 39.0 Å². The molecule has 1 fully saturated rings. The smallest absolute Gasteiger partial charge is 0.221 e. The third-order valence-electron chi connectivity index (χ3n) is 5.58. The number of carbonyl (C=O) groups excluding carboxylic acids is 1. The van der Waals surface area contributed by atoms with Crippen LogP contribution in [-0.2, 0) is 11.2 Å². The average molecular weight is 428 g/mol. The van der Waals surface area contributed by atoms with E-state index in [1.165, 1.54) is 30.2 Å². The monoisotopic (exact) mass is 427 g/mol. The molecule has 1 aromatic heterocycles. The van der Waals surface area contributed by atoms with Crippen LogP contribution >= 0.6 is 11.3 Å². The van der Waals surface area contributed by atoms with Gasteiger partial charge < -0.3 is 16.0 Å². The van der Waals surface area contributed by atoms with Crippen LogP contribution in [0.25, 0.3) is 0 Å². The van der Waals surface area contributed by atoms with Crippen LogP contribution < -0.4 is 16.0 Å². The van der Waals surface area contributed by atoms with Crippen LogP contribution in [0, 0.1) is 5.92 Å². The highest BCUT2D eigenvalue weighted by Gasteiger charge is 2.31. The molecule has 0 aliphatic carbocycles. The van der Waals surface area contributed by atoms with Crippen molar-refractivity contribution in [3.05, 3.63) is 52.2 Å². The molecule has 2 unspecified atom stereocenters. The molecule has 0 saturated carbocycles. The molecule has 1 saturated heterocycles. The molecular formula is C23H33N5OS. The molecule has 0 spiro atoms. The highest BCUT2D eigenvalue weighted by molar-refractivity contribution is 7.10. The van der Waals surface area contributed by atoms with Crippen LogP contribution in [0.3, 0.4) is 0 Å². The van der Waals surface area contributed by atoms with Crippen molar-refractivity contribution < 1.29 is 4.79 Å². The second-order valence-corrected chi connectivity index (χ2v) is 8.83. The minimum Gasteiger partial charge on any atom is -0.356 e. The van der Waals surface area contributed by atoms with Crippen LogP contribution in [0.5, 0.6) is 0 Å². The molecule has 7 heteroatoms. The summed E-state index contributed by atoms with van der Waals surface area (Å²) in [5.74, 6) is 1.37. The number of nitrogens with one attached hydrogen (secondary N) is 3. The third kappa shape index (κ3) is 6.31. The van der Waals surface area contributed by atoms with Gasteiger partial charge in [-0.3, -0.25) is 14.7 Å². The number of rotatable bonds is 7. The summed E-state index contributed by atoms with van der Waals surface area (Å²) in [6, 6.07) is 12.9. The summed E-state index contributed by atoms with van der Waals surface area (Å²) in [6.45, 7) is 4.40. The van der Waals surface area contributed by atoms with Gasteiger partial charge in [0.25, 0.3) is 0 Å². The predicted molar refractivity (Wildman–Crippen MR) is 126 cm³/mol. The van der Waals surface area contributed by atoms with Gasteiger partial charge in [-0.25, -0.2) is 0 Å². The molecule has 0 bridgehead atoms. The van der Waals surface area contributed by atoms with Crippen LogP contribution in [0.4, 0.5) is 5.69 Å². The van der Waals surface area contributed by atoms with Gasteiger partial charge in [0.15, 0.2) is 5.96 Å². The van der Waals surface area contributed by atoms with Gasteiger partial charge in [-0.15, -0.1) is 11.3 Å². The number of guanidine groups is 1. The first kappa shape index (κ1) is 22.3. The van der Waals surface area contributed by atoms with E-state index in [1.54, 1.807) is 0 Å². The number of piperidine rings is 1. The molecule has 162 valence electrons. The highest BCUT2D eigenvalue weighted by atomic mass is 32.1. The summed E-state index contributed by atoms with van der Waals surface area (Å²) in [6.07, 6.45) is 3.37. The fourth-order valence-electron chi connectivity index (χ4n) is 4.11. The molecular weight excluding hydrogens is 394 g/mol. The van der Waals surface area contributed by atoms with Crippen molar-refractivity contribution >= 4 is 28.9 Å². The van der Waals surface area contributed by atoms with E-state index >= 15 is 0 Å². The lowest BCUT2D eigenvalue weighted by Gasteiger charge is -2.39. The maximum Gasteiger partial charge on any atom is 0.221 e. The number of thiophene rings is 1. The molecule has 2 aromatic rings. The number of carbonyl (C=O) groups is 1. The van der Waals surface area contributed by atoms with E-state index < -0.39 is 0 Å². The first-order chi connectivity index (χ1) is 14.6. The fourth-order valence-corrected chi connectivity index (χ4v) is 5.10. The Morgan fingerprint density at radius 1 is 1.23 bits per heavy atom. The van der Waals surface area contributed by atoms with Crippen LogP contribution in [0.2, 0.25) is 0 Å². The van der Waals surface area contributed by atoms with Gasteiger partial charge in [-0.05, 0) is 67.9 Å². The molecule has 3 N–H and O–H groups in total. The lowest BCUT2D eigenvalue weighted by molar-refractivity contribution is -0.114. The molecule has 0 radical (unpaired) electrons. The normalized spacial score (nSPS) is 20.0. The molecule has 3 rings (SSSR count). The first-order valence-electron chi connectivity index (χ1n) is 10.6. The topological polar surface area (TPSA) is 68.8 Å². The molecule has 1 amide bonds. The van der Waals surface area contributed by atoms with Crippen molar-refractivity contribution in [2.24, 2.45) is 10.9 Å². The molecule has 1 aliphatic rings. The Bertz CT molecular complexity index is 819. The van der Waals surface area contributed by atoms with E-state index in [4.69, 9.17) is 0 Å². The van der Waals surface area contributed by atoms with Crippen molar-refractivity contribution in [3.63, 3.8) is 0 Å². The van der Waals surface area contributed by atoms with Gasteiger partial charge >= 0.3 is 0 Å². The zero-order valence-corrected chi connectivity index (χ0v) is 19.0. The SMILES string of the molecule is CN=C(NCCc1ccc(NC(C)=O)cc1)NCC1CCCN(C)C1c1cccs1. The largest absolute Gasteiger partial charge is 0.356 e. The maximum atomic E-state index is 11.1. The number of likely N-dealkylation sites (tertiary alicyclic amines) is 1. The van der Waals surface area contributed by atoms with E-state index in [0.29, 0.717) is 12.0 Å². The number of hydrogen-bond acceptors (Lipinski definition) is 4. The minimum absolute atomic E-state index is 0.0511. The molecule has 1 aromatic carbocycles. The Balaban J connectivity index is 1.47. The molecule has 2 heterocycles. The van der Waals surface area contributed by atoms with Crippen LogP contribution in [0.1, 0.15) is 36.2 Å². The number of aliphatic imine (C=N–C) groups is 1. The number of benzene rings is 1. The Kier molecular flexibility index (Phi) is 8.28. The summed E-state index contributed by atoms with van der Waals surface area (Å²) in [5.41, 5.74) is 2.05. The quantitative estimate of drug-likeness (QED) is 0.467. The van der Waals surface area contributed by atoms with E-state index in [2.05, 4.69) is 50.4 Å². The minimum atomic E-state index is -0.0511. The van der Waals surface area contributed by atoms with Crippen molar-refractivity contribution in [1.82, 2.24) is 15.5 Å². The van der Waals surface area contributed by atoms with E-state index in [-0.39, 0.29) is 5.91 Å². The zero-order chi connectivity index (χ0) is 21.3. The highest BCUT2D eigenvalue weighted by Crippen LogP contribution is 2.36. The Morgan fingerprint density at radius 2 is 2.03 bits per heavy atom. The lowest BCUT2D eigenvalue weighted by atomic mass is 9.88. The first-order valence-corrected chi connectivity index (χ1v) is 11.5. The van der Waals surface area contributed by atoms with Gasteiger partial charge in [0.2, 0.25) is 5.91 Å². The second kappa shape index (κ2) is 11.1. The summed E-state index contributed by atoms with van der Waals surface area (Å²) in [5, 5.41) is 11.9. The standard InChI is InChI=1S/C23H33N5OS/c1-17(29)27-20-10-8-18(9-11-20)12-13-25-23(24-2)26-16-19-6-4-14-28(3)22(19)21-7-5-15-30-21/h5,7-11,15,19,22H,4,6,12-14,16H2,1-3H3,(H,27,29)(H2,24,25,26). The second-order valence-electron chi connectivity index (χ2n) is 7.85. The number of anilines is 1. The van der Waals surface area contributed by atoms with Gasteiger partial charge in [0.05, 0.1) is 0 Å². The van der Waals surface area contributed by atoms with Crippen LogP contribution in [0.15, 0.2) is 46.8 Å². The Hall–Kier alpha value is -2.38. The summed E-state index contributed by atoms with van der Waals surface area (Å²) < 4.78 is 0. The van der Waals surface area contributed by atoms with Gasteiger partial charge in [-0.2, -0.15) is 0 Å². The summed E-state index contributed by atoms with van der Waals surface area (Å²) >= 11 is 1.85. The van der Waals surface area contributed by atoms with Crippen molar-refractivity contribution in [3.8, 4) is 0 Å². The van der Waals surface area contributed by atoms with E-state index in [9.17, 15) is 4.79 Å². The molecule has 2 atom stereocenters. The fraction of sp³-hybridized carbons (Fsp3) is 0.478. The van der Waals surface area contributed by atoms with E-state index in [1.807, 2.05) is 42.6 Å².